The minimum atomic E-state index is -0.468. The van der Waals surface area contributed by atoms with Crippen LogP contribution in [0.15, 0.2) is 18.5 Å². The second-order valence-corrected chi connectivity index (χ2v) is 5.42. The minimum absolute atomic E-state index is 0.180. The third-order valence-electron chi connectivity index (χ3n) is 2.71. The largest absolute Gasteiger partial charge is 0.396 e. The van der Waals surface area contributed by atoms with Crippen LogP contribution in [0.4, 0.5) is 4.39 Å². The van der Waals surface area contributed by atoms with Crippen LogP contribution in [0.25, 0.3) is 11.0 Å². The summed E-state index contributed by atoms with van der Waals surface area (Å²) in [6.07, 6.45) is 2.18. The highest BCUT2D eigenvalue weighted by molar-refractivity contribution is 7.99. The molecule has 3 N–H and O–H groups in total. The number of aliphatic hydroxyl groups excluding tert-OH is 1. The first kappa shape index (κ1) is 14.8. The summed E-state index contributed by atoms with van der Waals surface area (Å²) < 4.78 is 13.4. The number of carbonyl (C=O) groups is 1. The van der Waals surface area contributed by atoms with Crippen LogP contribution in [-0.4, -0.2) is 45.6 Å². The summed E-state index contributed by atoms with van der Waals surface area (Å²) in [4.78, 5) is 18.8. The quantitative estimate of drug-likeness (QED) is 0.678. The SMILES string of the molecule is O=C(NCCSCCCO)c1cc(F)cc2[nH]cnc12. The summed E-state index contributed by atoms with van der Waals surface area (Å²) in [7, 11) is 0. The van der Waals surface area contributed by atoms with Gasteiger partial charge in [-0.15, -0.1) is 0 Å². The first-order chi connectivity index (χ1) is 9.72. The number of imidazole rings is 1. The number of benzene rings is 1. The van der Waals surface area contributed by atoms with Gasteiger partial charge < -0.3 is 15.4 Å². The van der Waals surface area contributed by atoms with Gasteiger partial charge in [0.25, 0.3) is 5.91 Å². The number of aromatic nitrogens is 2. The predicted octanol–water partition coefficient (Wildman–Crippen LogP) is 1.55. The molecule has 5 nitrogen and oxygen atoms in total. The van der Waals surface area contributed by atoms with Gasteiger partial charge in [-0.25, -0.2) is 9.37 Å². The molecule has 2 rings (SSSR count). The fraction of sp³-hybridized carbons (Fsp3) is 0.385. The minimum Gasteiger partial charge on any atom is -0.396 e. The lowest BCUT2D eigenvalue weighted by Crippen LogP contribution is -2.26. The van der Waals surface area contributed by atoms with Crippen LogP contribution in [0, 0.1) is 5.82 Å². The van der Waals surface area contributed by atoms with Crippen molar-refractivity contribution in [3.8, 4) is 0 Å². The summed E-state index contributed by atoms with van der Waals surface area (Å²) in [5.74, 6) is 0.814. The summed E-state index contributed by atoms with van der Waals surface area (Å²) in [5.41, 5.74) is 1.21. The first-order valence-corrected chi connectivity index (χ1v) is 7.47. The van der Waals surface area contributed by atoms with Crippen molar-refractivity contribution >= 4 is 28.7 Å². The van der Waals surface area contributed by atoms with E-state index in [0.29, 0.717) is 17.6 Å². The summed E-state index contributed by atoms with van der Waals surface area (Å²) in [6.45, 7) is 0.678. The van der Waals surface area contributed by atoms with Gasteiger partial charge in [0.05, 0.1) is 17.4 Å². The molecule has 108 valence electrons. The number of rotatable bonds is 7. The Hall–Kier alpha value is -1.60. The monoisotopic (exact) mass is 297 g/mol. The van der Waals surface area contributed by atoms with E-state index in [9.17, 15) is 9.18 Å². The second-order valence-electron chi connectivity index (χ2n) is 4.20. The van der Waals surface area contributed by atoms with E-state index in [1.807, 2.05) is 0 Å². The summed E-state index contributed by atoms with van der Waals surface area (Å²) in [6, 6.07) is 2.50. The smallest absolute Gasteiger partial charge is 0.253 e. The van der Waals surface area contributed by atoms with E-state index in [2.05, 4.69) is 15.3 Å². The Morgan fingerprint density at radius 1 is 1.45 bits per heavy atom. The number of carbonyl (C=O) groups excluding carboxylic acids is 1. The average Bonchev–Trinajstić information content (AvgIpc) is 2.89. The molecule has 0 aliphatic rings. The molecule has 7 heteroatoms. The number of thioether (sulfide) groups is 1. The highest BCUT2D eigenvalue weighted by atomic mass is 32.2. The maximum atomic E-state index is 13.4. The van der Waals surface area contributed by atoms with Gasteiger partial charge in [0.15, 0.2) is 0 Å². The normalized spacial score (nSPS) is 10.9. The summed E-state index contributed by atoms with van der Waals surface area (Å²) >= 11 is 1.65. The predicted molar refractivity (Wildman–Crippen MR) is 77.4 cm³/mol. The van der Waals surface area contributed by atoms with Crippen molar-refractivity contribution in [3.63, 3.8) is 0 Å². The van der Waals surface area contributed by atoms with E-state index in [0.717, 1.165) is 17.9 Å². The number of halogens is 1. The molecule has 1 amide bonds. The molecule has 0 atom stereocenters. The Morgan fingerprint density at radius 2 is 2.30 bits per heavy atom. The number of nitrogens with one attached hydrogen (secondary N) is 2. The van der Waals surface area contributed by atoms with Gasteiger partial charge in [-0.1, -0.05) is 0 Å². The molecular formula is C13H16FN3O2S. The van der Waals surface area contributed by atoms with E-state index in [1.54, 1.807) is 11.8 Å². The molecule has 1 aromatic heterocycles. The number of fused-ring (bicyclic) bond motifs is 1. The van der Waals surface area contributed by atoms with Crippen LogP contribution >= 0.6 is 11.8 Å². The topological polar surface area (TPSA) is 78.0 Å². The van der Waals surface area contributed by atoms with Gasteiger partial charge in [0.2, 0.25) is 0 Å². The molecule has 0 fully saturated rings. The third-order valence-corrected chi connectivity index (χ3v) is 3.78. The van der Waals surface area contributed by atoms with Crippen molar-refractivity contribution in [2.24, 2.45) is 0 Å². The number of hydrogen-bond acceptors (Lipinski definition) is 4. The van der Waals surface area contributed by atoms with Crippen LogP contribution in [0.1, 0.15) is 16.8 Å². The fourth-order valence-electron chi connectivity index (χ4n) is 1.79. The zero-order chi connectivity index (χ0) is 14.4. The zero-order valence-corrected chi connectivity index (χ0v) is 11.7. The number of H-pyrrole nitrogens is 1. The molecule has 0 aliphatic heterocycles. The van der Waals surface area contributed by atoms with Crippen molar-refractivity contribution in [2.75, 3.05) is 24.7 Å². The van der Waals surface area contributed by atoms with Crippen molar-refractivity contribution in [3.05, 3.63) is 29.8 Å². The lowest BCUT2D eigenvalue weighted by molar-refractivity contribution is 0.0957. The molecule has 2 aromatic rings. The molecule has 0 spiro atoms. The van der Waals surface area contributed by atoms with Crippen LogP contribution < -0.4 is 5.32 Å². The zero-order valence-electron chi connectivity index (χ0n) is 10.9. The first-order valence-electron chi connectivity index (χ1n) is 6.32. The fourth-order valence-corrected chi connectivity index (χ4v) is 2.57. The molecule has 0 radical (unpaired) electrons. The van der Waals surface area contributed by atoms with Gasteiger partial charge in [-0.05, 0) is 24.3 Å². The molecule has 0 unspecified atom stereocenters. The van der Waals surface area contributed by atoms with Gasteiger partial charge in [0.1, 0.15) is 11.3 Å². The highest BCUT2D eigenvalue weighted by Gasteiger charge is 2.13. The van der Waals surface area contributed by atoms with Crippen molar-refractivity contribution in [1.82, 2.24) is 15.3 Å². The van der Waals surface area contributed by atoms with Crippen LogP contribution in [0.2, 0.25) is 0 Å². The number of aliphatic hydroxyl groups is 1. The van der Waals surface area contributed by atoms with Crippen molar-refractivity contribution in [1.29, 1.82) is 0 Å². The molecule has 0 saturated heterocycles. The second kappa shape index (κ2) is 7.25. The Labute approximate surface area is 120 Å². The lowest BCUT2D eigenvalue weighted by atomic mass is 10.1. The van der Waals surface area contributed by atoms with E-state index in [4.69, 9.17) is 5.11 Å². The molecule has 0 saturated carbocycles. The Bertz CT molecular complexity index is 588. The Morgan fingerprint density at radius 3 is 3.10 bits per heavy atom. The standard InChI is InChI=1S/C13H16FN3O2S/c14-9-6-10(12-11(7-9)16-8-17-12)13(19)15-2-5-20-4-1-3-18/h6-8,18H,1-5H2,(H,15,19)(H,16,17). The third kappa shape index (κ3) is 3.71. The van der Waals surface area contributed by atoms with Crippen LogP contribution in [0.3, 0.4) is 0 Å². The van der Waals surface area contributed by atoms with Gasteiger partial charge >= 0.3 is 0 Å². The maximum absolute atomic E-state index is 13.4. The Balaban J connectivity index is 1.92. The van der Waals surface area contributed by atoms with Gasteiger partial charge in [-0.3, -0.25) is 4.79 Å². The van der Waals surface area contributed by atoms with Gasteiger partial charge in [-0.2, -0.15) is 11.8 Å². The van der Waals surface area contributed by atoms with E-state index < -0.39 is 5.82 Å². The lowest BCUT2D eigenvalue weighted by Gasteiger charge is -2.06. The number of hydrogen-bond donors (Lipinski definition) is 3. The highest BCUT2D eigenvalue weighted by Crippen LogP contribution is 2.17. The molecule has 0 aliphatic carbocycles. The average molecular weight is 297 g/mol. The molecule has 1 aromatic carbocycles. The van der Waals surface area contributed by atoms with E-state index >= 15 is 0 Å². The van der Waals surface area contributed by atoms with Crippen LogP contribution in [0.5, 0.6) is 0 Å². The van der Waals surface area contributed by atoms with Crippen molar-refractivity contribution in [2.45, 2.75) is 6.42 Å². The maximum Gasteiger partial charge on any atom is 0.253 e. The van der Waals surface area contributed by atoms with E-state index in [1.165, 1.54) is 18.5 Å². The van der Waals surface area contributed by atoms with Crippen LogP contribution in [-0.2, 0) is 0 Å². The van der Waals surface area contributed by atoms with Gasteiger partial charge in [0, 0.05) is 18.9 Å². The number of nitrogens with zero attached hydrogens (tertiary/aromatic N) is 1. The molecular weight excluding hydrogens is 281 g/mol. The molecule has 0 bridgehead atoms. The Kier molecular flexibility index (Phi) is 5.37. The van der Waals surface area contributed by atoms with E-state index in [-0.39, 0.29) is 18.1 Å². The molecule has 20 heavy (non-hydrogen) atoms. The van der Waals surface area contributed by atoms with Crippen molar-refractivity contribution < 1.29 is 14.3 Å². The number of aromatic amines is 1. The molecule has 1 heterocycles. The summed E-state index contributed by atoms with van der Waals surface area (Å²) in [5, 5.41) is 11.4. The number of amides is 1.